The third-order valence-corrected chi connectivity index (χ3v) is 2.82. The van der Waals surface area contributed by atoms with E-state index in [4.69, 9.17) is 0 Å². The molecular formula is C13H23N3. The zero-order valence-electron chi connectivity index (χ0n) is 11.2. The predicted octanol–water partition coefficient (Wildman–Crippen LogP) is 2.91. The second kappa shape index (κ2) is 5.19. The molecule has 1 rings (SSSR count). The van der Waals surface area contributed by atoms with Crippen molar-refractivity contribution >= 4 is 11.5 Å². The average Bonchev–Trinajstić information content (AvgIpc) is 2.20. The van der Waals surface area contributed by atoms with Gasteiger partial charge in [-0.3, -0.25) is 0 Å². The van der Waals surface area contributed by atoms with Crippen LogP contribution in [0.2, 0.25) is 0 Å². The highest BCUT2D eigenvalue weighted by Gasteiger charge is 2.11. The van der Waals surface area contributed by atoms with E-state index in [2.05, 4.69) is 37.1 Å². The monoisotopic (exact) mass is 221 g/mol. The number of aryl methyl sites for hydroxylation is 1. The predicted molar refractivity (Wildman–Crippen MR) is 71.2 cm³/mol. The Hall–Kier alpha value is -1.25. The fourth-order valence-corrected chi connectivity index (χ4v) is 1.41. The molecule has 0 aliphatic rings. The zero-order valence-corrected chi connectivity index (χ0v) is 11.2. The Balaban J connectivity index is 2.95. The van der Waals surface area contributed by atoms with E-state index in [0.717, 1.165) is 17.2 Å². The van der Waals surface area contributed by atoms with E-state index >= 15 is 0 Å². The van der Waals surface area contributed by atoms with Crippen LogP contribution in [0.15, 0.2) is 12.1 Å². The molecule has 0 aliphatic heterocycles. The highest BCUT2D eigenvalue weighted by molar-refractivity contribution is 5.65. The van der Waals surface area contributed by atoms with E-state index in [1.54, 1.807) is 0 Å². The molecule has 0 fully saturated rings. The summed E-state index contributed by atoms with van der Waals surface area (Å²) in [6.45, 7) is 8.65. The van der Waals surface area contributed by atoms with Crippen molar-refractivity contribution < 1.29 is 0 Å². The smallest absolute Gasteiger partial charge is 0.151 e. The minimum Gasteiger partial charge on any atom is -0.379 e. The fourth-order valence-electron chi connectivity index (χ4n) is 1.41. The standard InChI is InChI=1S/C13H23N3/c1-9(2)11(4)15-12-8-7-10(3)14-13(12)16(5)6/h7-9,11,15H,1-6H3. The molecule has 0 radical (unpaired) electrons. The van der Waals surface area contributed by atoms with Gasteiger partial charge < -0.3 is 10.2 Å². The molecular weight excluding hydrogens is 198 g/mol. The molecule has 0 saturated carbocycles. The summed E-state index contributed by atoms with van der Waals surface area (Å²) in [5.41, 5.74) is 2.16. The topological polar surface area (TPSA) is 28.2 Å². The van der Waals surface area contributed by atoms with Gasteiger partial charge in [-0.25, -0.2) is 4.98 Å². The van der Waals surface area contributed by atoms with E-state index in [9.17, 15) is 0 Å². The molecule has 0 aliphatic carbocycles. The molecule has 0 amide bonds. The van der Waals surface area contributed by atoms with Crippen molar-refractivity contribution in [1.82, 2.24) is 4.98 Å². The molecule has 3 heteroatoms. The average molecular weight is 221 g/mol. The van der Waals surface area contributed by atoms with Gasteiger partial charge in [0.1, 0.15) is 0 Å². The van der Waals surface area contributed by atoms with Crippen LogP contribution >= 0.6 is 0 Å². The van der Waals surface area contributed by atoms with Crippen LogP contribution in [0.5, 0.6) is 0 Å². The Morgan fingerprint density at radius 1 is 1.19 bits per heavy atom. The molecule has 1 unspecified atom stereocenters. The molecule has 16 heavy (non-hydrogen) atoms. The summed E-state index contributed by atoms with van der Waals surface area (Å²) in [5.74, 6) is 1.61. The lowest BCUT2D eigenvalue weighted by molar-refractivity contribution is 0.560. The number of nitrogens with zero attached hydrogens (tertiary/aromatic N) is 2. The van der Waals surface area contributed by atoms with Gasteiger partial charge in [0.05, 0.1) is 5.69 Å². The molecule has 90 valence electrons. The molecule has 1 atom stereocenters. The second-order valence-electron chi connectivity index (χ2n) is 4.90. The van der Waals surface area contributed by atoms with Crippen LogP contribution in [-0.4, -0.2) is 25.1 Å². The Morgan fingerprint density at radius 2 is 1.81 bits per heavy atom. The first-order chi connectivity index (χ1) is 7.41. The Kier molecular flexibility index (Phi) is 4.16. The van der Waals surface area contributed by atoms with Crippen LogP contribution in [0.1, 0.15) is 26.5 Å². The summed E-state index contributed by atoms with van der Waals surface area (Å²) >= 11 is 0. The highest BCUT2D eigenvalue weighted by Crippen LogP contribution is 2.23. The van der Waals surface area contributed by atoms with Crippen LogP contribution in [0.4, 0.5) is 11.5 Å². The lowest BCUT2D eigenvalue weighted by atomic mass is 10.1. The van der Waals surface area contributed by atoms with Crippen LogP contribution in [0.25, 0.3) is 0 Å². The maximum atomic E-state index is 4.55. The molecule has 0 aromatic carbocycles. The molecule has 3 nitrogen and oxygen atoms in total. The Labute approximate surface area is 98.9 Å². The third kappa shape index (κ3) is 3.12. The van der Waals surface area contributed by atoms with Crippen molar-refractivity contribution in [2.24, 2.45) is 5.92 Å². The van der Waals surface area contributed by atoms with Crippen molar-refractivity contribution in [1.29, 1.82) is 0 Å². The van der Waals surface area contributed by atoms with E-state index in [1.807, 2.05) is 32.0 Å². The van der Waals surface area contributed by atoms with Gasteiger partial charge in [-0.2, -0.15) is 0 Å². The molecule has 0 saturated heterocycles. The largest absolute Gasteiger partial charge is 0.379 e. The molecule has 1 aromatic heterocycles. The van der Waals surface area contributed by atoms with Crippen LogP contribution < -0.4 is 10.2 Å². The van der Waals surface area contributed by atoms with Crippen molar-refractivity contribution in [3.63, 3.8) is 0 Å². The number of aromatic nitrogens is 1. The molecule has 1 heterocycles. The number of nitrogens with one attached hydrogen (secondary N) is 1. The van der Waals surface area contributed by atoms with Gasteiger partial charge in [0.25, 0.3) is 0 Å². The van der Waals surface area contributed by atoms with Gasteiger partial charge in [0, 0.05) is 25.8 Å². The summed E-state index contributed by atoms with van der Waals surface area (Å²) in [5, 5.41) is 3.51. The van der Waals surface area contributed by atoms with Gasteiger partial charge >= 0.3 is 0 Å². The normalized spacial score (nSPS) is 12.7. The third-order valence-electron chi connectivity index (χ3n) is 2.82. The number of anilines is 2. The first-order valence-corrected chi connectivity index (χ1v) is 5.83. The summed E-state index contributed by atoms with van der Waals surface area (Å²) < 4.78 is 0. The first-order valence-electron chi connectivity index (χ1n) is 5.83. The van der Waals surface area contributed by atoms with Gasteiger partial charge in [-0.15, -0.1) is 0 Å². The fraction of sp³-hybridized carbons (Fsp3) is 0.615. The van der Waals surface area contributed by atoms with E-state index in [1.165, 1.54) is 0 Å². The minimum absolute atomic E-state index is 0.447. The molecule has 1 N–H and O–H groups in total. The quantitative estimate of drug-likeness (QED) is 0.847. The maximum absolute atomic E-state index is 4.55. The van der Waals surface area contributed by atoms with E-state index < -0.39 is 0 Å². The van der Waals surface area contributed by atoms with Crippen molar-refractivity contribution in [2.45, 2.75) is 33.7 Å². The van der Waals surface area contributed by atoms with Crippen LogP contribution in [-0.2, 0) is 0 Å². The van der Waals surface area contributed by atoms with Crippen molar-refractivity contribution in [2.75, 3.05) is 24.3 Å². The minimum atomic E-state index is 0.447. The van der Waals surface area contributed by atoms with Crippen LogP contribution in [0, 0.1) is 12.8 Å². The zero-order chi connectivity index (χ0) is 12.3. The lowest BCUT2D eigenvalue weighted by Gasteiger charge is -2.23. The van der Waals surface area contributed by atoms with Crippen molar-refractivity contribution in [3.8, 4) is 0 Å². The lowest BCUT2D eigenvalue weighted by Crippen LogP contribution is -2.23. The Morgan fingerprint density at radius 3 is 2.31 bits per heavy atom. The van der Waals surface area contributed by atoms with Gasteiger partial charge in [0.2, 0.25) is 0 Å². The summed E-state index contributed by atoms with van der Waals surface area (Å²) in [4.78, 5) is 6.59. The number of hydrogen-bond donors (Lipinski definition) is 1. The number of pyridine rings is 1. The molecule has 1 aromatic rings. The second-order valence-corrected chi connectivity index (χ2v) is 4.90. The summed E-state index contributed by atoms with van der Waals surface area (Å²) in [6.07, 6.45) is 0. The molecule has 0 spiro atoms. The van der Waals surface area contributed by atoms with Gasteiger partial charge in [-0.1, -0.05) is 13.8 Å². The van der Waals surface area contributed by atoms with Gasteiger partial charge in [0.15, 0.2) is 5.82 Å². The Bertz CT molecular complexity index is 345. The maximum Gasteiger partial charge on any atom is 0.151 e. The number of rotatable bonds is 4. The number of hydrogen-bond acceptors (Lipinski definition) is 3. The van der Waals surface area contributed by atoms with E-state index in [-0.39, 0.29) is 0 Å². The van der Waals surface area contributed by atoms with Crippen molar-refractivity contribution in [3.05, 3.63) is 17.8 Å². The first kappa shape index (κ1) is 12.8. The summed E-state index contributed by atoms with van der Waals surface area (Å²) in [6, 6.07) is 4.60. The van der Waals surface area contributed by atoms with Gasteiger partial charge in [-0.05, 0) is 31.9 Å². The highest BCUT2D eigenvalue weighted by atomic mass is 15.2. The molecule has 0 bridgehead atoms. The van der Waals surface area contributed by atoms with E-state index in [0.29, 0.717) is 12.0 Å². The summed E-state index contributed by atoms with van der Waals surface area (Å²) in [7, 11) is 4.04. The SMILES string of the molecule is Cc1ccc(NC(C)C(C)C)c(N(C)C)n1. The van der Waals surface area contributed by atoms with Crippen LogP contribution in [0.3, 0.4) is 0 Å².